The molecule has 2 amide bonds. The van der Waals surface area contributed by atoms with Gasteiger partial charge >= 0.3 is 0 Å². The summed E-state index contributed by atoms with van der Waals surface area (Å²) in [7, 11) is 0. The standard InChI is InChI=1S/C39H45ClF2N10O2/c1-3-4-30(39(54)45-25-53)27-5-6-35(32(40)20-27)50-17-15-49(16-18-50)14-13-48-10-7-29(8-11-48)52-24-28(22-46-52)47-37-38-43-9-12-51(38)36(23-44-37)31-19-26(2)33(41)21-34(31)42/h5-6,9,12,19-25,29-30H,3-4,7-8,10-11,13-18H2,1-2H3,(H,44,47)(H,45,53,54). The molecule has 5 aromatic rings. The third kappa shape index (κ3) is 8.10. The Bertz CT molecular complexity index is 2110. The van der Waals surface area contributed by atoms with Gasteiger partial charge in [0.25, 0.3) is 0 Å². The summed E-state index contributed by atoms with van der Waals surface area (Å²) in [5, 5.41) is 10.9. The second-order valence-corrected chi connectivity index (χ2v) is 14.5. The number of rotatable bonds is 13. The average molecular weight is 759 g/mol. The van der Waals surface area contributed by atoms with Crippen LogP contribution in [0.4, 0.5) is 26.0 Å². The number of amides is 2. The Labute approximate surface area is 318 Å². The summed E-state index contributed by atoms with van der Waals surface area (Å²) in [6.45, 7) is 11.3. The van der Waals surface area contributed by atoms with Gasteiger partial charge in [0.1, 0.15) is 11.6 Å². The van der Waals surface area contributed by atoms with E-state index in [-0.39, 0.29) is 11.5 Å². The van der Waals surface area contributed by atoms with Crippen LogP contribution in [-0.2, 0) is 9.59 Å². The first-order valence-electron chi connectivity index (χ1n) is 18.5. The van der Waals surface area contributed by atoms with Crippen molar-refractivity contribution in [2.75, 3.05) is 62.6 Å². The molecule has 2 aliphatic rings. The topological polar surface area (TPSA) is 116 Å². The van der Waals surface area contributed by atoms with E-state index in [4.69, 9.17) is 11.6 Å². The molecule has 2 N–H and O–H groups in total. The van der Waals surface area contributed by atoms with Gasteiger partial charge in [-0.25, -0.2) is 18.7 Å². The Hall–Kier alpha value is -4.92. The van der Waals surface area contributed by atoms with Gasteiger partial charge in [0.2, 0.25) is 12.3 Å². The number of imide groups is 1. The van der Waals surface area contributed by atoms with Crippen LogP contribution in [0.2, 0.25) is 5.02 Å². The SMILES string of the molecule is CCCC(C(=O)NC=O)c1ccc(N2CCN(CCN3CCC(n4cc(Nc5ncc(-c6cc(C)c(F)cc6F)n6ccnc56)cn4)CC3)CC2)c(Cl)c1. The van der Waals surface area contributed by atoms with Crippen LogP contribution in [0.15, 0.2) is 61.3 Å². The number of halogens is 3. The van der Waals surface area contributed by atoms with Crippen LogP contribution < -0.4 is 15.5 Å². The van der Waals surface area contributed by atoms with E-state index in [1.807, 2.05) is 36.0 Å². The molecule has 0 spiro atoms. The van der Waals surface area contributed by atoms with Crippen LogP contribution in [0.3, 0.4) is 0 Å². The molecule has 2 aromatic carbocycles. The van der Waals surface area contributed by atoms with Crippen molar-refractivity contribution in [3.63, 3.8) is 0 Å². The summed E-state index contributed by atoms with van der Waals surface area (Å²) in [6.07, 6.45) is 12.6. The van der Waals surface area contributed by atoms with Crippen molar-refractivity contribution < 1.29 is 18.4 Å². The minimum atomic E-state index is -0.657. The molecule has 1 unspecified atom stereocenters. The first-order valence-corrected chi connectivity index (χ1v) is 18.9. The van der Waals surface area contributed by atoms with E-state index in [0.717, 1.165) is 94.6 Å². The van der Waals surface area contributed by atoms with Crippen molar-refractivity contribution in [1.29, 1.82) is 0 Å². The normalized spacial score (nSPS) is 16.5. The van der Waals surface area contributed by atoms with Crippen LogP contribution >= 0.6 is 11.6 Å². The lowest BCUT2D eigenvalue weighted by molar-refractivity contribution is -0.126. The maximum atomic E-state index is 14.7. The highest BCUT2D eigenvalue weighted by Gasteiger charge is 2.25. The lowest BCUT2D eigenvalue weighted by Crippen LogP contribution is -2.49. The lowest BCUT2D eigenvalue weighted by Gasteiger charge is -2.38. The number of fused-ring (bicyclic) bond motifs is 1. The lowest BCUT2D eigenvalue weighted by atomic mass is 9.93. The van der Waals surface area contributed by atoms with Gasteiger partial charge in [-0.3, -0.25) is 28.9 Å². The molecule has 2 saturated heterocycles. The molecule has 5 heterocycles. The smallest absolute Gasteiger partial charge is 0.233 e. The van der Waals surface area contributed by atoms with Gasteiger partial charge in [-0.15, -0.1) is 0 Å². The van der Waals surface area contributed by atoms with Gasteiger partial charge in [-0.1, -0.05) is 31.0 Å². The number of carbonyl (C=O) groups is 2. The van der Waals surface area contributed by atoms with Gasteiger partial charge in [0, 0.05) is 82.6 Å². The minimum absolute atomic E-state index is 0.254. The van der Waals surface area contributed by atoms with Crippen molar-refractivity contribution in [2.45, 2.75) is 51.5 Å². The molecule has 3 aromatic heterocycles. The number of hydrogen-bond donors (Lipinski definition) is 2. The van der Waals surface area contributed by atoms with Gasteiger partial charge < -0.3 is 15.1 Å². The highest BCUT2D eigenvalue weighted by Crippen LogP contribution is 2.33. The third-order valence-electron chi connectivity index (χ3n) is 10.7. The fourth-order valence-corrected chi connectivity index (χ4v) is 7.90. The number of piperidine rings is 1. The van der Waals surface area contributed by atoms with E-state index >= 15 is 0 Å². The molecule has 2 fully saturated rings. The average Bonchev–Trinajstić information content (AvgIpc) is 3.86. The summed E-state index contributed by atoms with van der Waals surface area (Å²) < 4.78 is 32.4. The van der Waals surface area contributed by atoms with E-state index in [1.165, 1.54) is 6.07 Å². The maximum Gasteiger partial charge on any atom is 0.233 e. The number of hydrogen-bond acceptors (Lipinski definition) is 9. The number of nitrogens with one attached hydrogen (secondary N) is 2. The first-order chi connectivity index (χ1) is 26.2. The van der Waals surface area contributed by atoms with Crippen molar-refractivity contribution in [3.8, 4) is 11.3 Å². The zero-order valence-electron chi connectivity index (χ0n) is 30.5. The maximum absolute atomic E-state index is 14.7. The van der Waals surface area contributed by atoms with Crippen LogP contribution in [-0.4, -0.2) is 98.6 Å². The zero-order valence-corrected chi connectivity index (χ0v) is 31.3. The molecule has 0 saturated carbocycles. The molecule has 0 aliphatic carbocycles. The van der Waals surface area contributed by atoms with Crippen molar-refractivity contribution in [1.82, 2.24) is 39.3 Å². The minimum Gasteiger partial charge on any atom is -0.368 e. The Morgan fingerprint density at radius 3 is 2.48 bits per heavy atom. The molecule has 7 rings (SSSR count). The highest BCUT2D eigenvalue weighted by atomic mass is 35.5. The van der Waals surface area contributed by atoms with Crippen LogP contribution in [0.25, 0.3) is 16.9 Å². The van der Waals surface area contributed by atoms with E-state index < -0.39 is 17.6 Å². The van der Waals surface area contributed by atoms with E-state index in [2.05, 4.69) is 40.4 Å². The van der Waals surface area contributed by atoms with E-state index in [1.54, 1.807) is 36.1 Å². The van der Waals surface area contributed by atoms with Gasteiger partial charge in [-0.05, 0) is 55.5 Å². The fourth-order valence-electron chi connectivity index (χ4n) is 7.59. The Morgan fingerprint density at radius 1 is 1.00 bits per heavy atom. The number of aromatic nitrogens is 5. The number of anilines is 3. The number of imidazole rings is 1. The van der Waals surface area contributed by atoms with Crippen LogP contribution in [0.5, 0.6) is 0 Å². The summed E-state index contributed by atoms with van der Waals surface area (Å²) in [4.78, 5) is 39.6. The molecule has 15 heteroatoms. The molecule has 0 bridgehead atoms. The quantitative estimate of drug-likeness (QED) is 0.136. The van der Waals surface area contributed by atoms with Crippen molar-refractivity contribution in [2.24, 2.45) is 0 Å². The molecule has 2 aliphatic heterocycles. The van der Waals surface area contributed by atoms with Gasteiger partial charge in [-0.2, -0.15) is 5.10 Å². The fraction of sp³-hybridized carbons (Fsp3) is 0.410. The number of likely N-dealkylation sites (tertiary alicyclic amines) is 1. The predicted octanol–water partition coefficient (Wildman–Crippen LogP) is 6.19. The van der Waals surface area contributed by atoms with E-state index in [0.29, 0.717) is 46.6 Å². The molecule has 0 radical (unpaired) electrons. The molecule has 1 atom stereocenters. The summed E-state index contributed by atoms with van der Waals surface area (Å²) in [5.41, 5.74) is 4.19. The second-order valence-electron chi connectivity index (χ2n) is 14.1. The summed E-state index contributed by atoms with van der Waals surface area (Å²) in [6, 6.07) is 8.50. The Morgan fingerprint density at radius 2 is 1.76 bits per heavy atom. The number of aryl methyl sites for hydroxylation is 1. The Kier molecular flexibility index (Phi) is 11.5. The molecular formula is C39H45ClF2N10O2. The summed E-state index contributed by atoms with van der Waals surface area (Å²) >= 11 is 6.74. The number of nitrogens with zero attached hydrogens (tertiary/aromatic N) is 8. The van der Waals surface area contributed by atoms with Crippen molar-refractivity contribution in [3.05, 3.63) is 89.1 Å². The summed E-state index contributed by atoms with van der Waals surface area (Å²) in [5.74, 6) is -1.44. The molecule has 284 valence electrons. The number of piperazine rings is 1. The highest BCUT2D eigenvalue weighted by molar-refractivity contribution is 6.33. The number of benzene rings is 2. The molecule has 12 nitrogen and oxygen atoms in total. The van der Waals surface area contributed by atoms with E-state index in [9.17, 15) is 18.4 Å². The second kappa shape index (κ2) is 16.6. The number of carbonyl (C=O) groups excluding carboxylic acids is 2. The zero-order chi connectivity index (χ0) is 37.8. The monoisotopic (exact) mass is 758 g/mol. The first kappa shape index (κ1) is 37.4. The Balaban J connectivity index is 0.879. The van der Waals surface area contributed by atoms with Crippen molar-refractivity contribution >= 4 is 46.8 Å². The molecular weight excluding hydrogens is 714 g/mol. The van der Waals surface area contributed by atoms with Crippen LogP contribution in [0, 0.1) is 18.6 Å². The predicted molar refractivity (Wildman–Crippen MR) is 205 cm³/mol. The van der Waals surface area contributed by atoms with Gasteiger partial charge in [0.05, 0.1) is 46.4 Å². The van der Waals surface area contributed by atoms with Crippen LogP contribution in [0.1, 0.15) is 55.7 Å². The largest absolute Gasteiger partial charge is 0.368 e. The van der Waals surface area contributed by atoms with Gasteiger partial charge in [0.15, 0.2) is 11.5 Å². The molecule has 54 heavy (non-hydrogen) atoms. The third-order valence-corrected chi connectivity index (χ3v) is 11.0.